The number of piperazine rings is 1. The number of amides is 1. The van der Waals surface area contributed by atoms with Crippen LogP contribution in [0.1, 0.15) is 18.4 Å². The monoisotopic (exact) mass is 262 g/mol. The van der Waals surface area contributed by atoms with Crippen LogP contribution in [0.4, 0.5) is 4.39 Å². The third kappa shape index (κ3) is 3.13. The Bertz CT molecular complexity index is 465. The molecule has 1 amide bonds. The largest absolute Gasteiger partial charge is 0.340 e. The fourth-order valence-corrected chi connectivity index (χ4v) is 2.71. The molecule has 0 unspecified atom stereocenters. The Morgan fingerprint density at radius 3 is 2.58 bits per heavy atom. The van der Waals surface area contributed by atoms with Crippen molar-refractivity contribution in [1.29, 1.82) is 0 Å². The van der Waals surface area contributed by atoms with Crippen molar-refractivity contribution in [3.05, 3.63) is 35.6 Å². The lowest BCUT2D eigenvalue weighted by atomic mass is 10.1. The number of halogens is 1. The molecule has 2 fully saturated rings. The Labute approximate surface area is 113 Å². The average Bonchev–Trinajstić information content (AvgIpc) is 3.23. The summed E-state index contributed by atoms with van der Waals surface area (Å²) in [4.78, 5) is 16.5. The Balaban J connectivity index is 1.53. The van der Waals surface area contributed by atoms with Gasteiger partial charge < -0.3 is 4.90 Å². The third-order valence-corrected chi connectivity index (χ3v) is 3.97. The van der Waals surface area contributed by atoms with Crippen LogP contribution in [0.25, 0.3) is 0 Å². The summed E-state index contributed by atoms with van der Waals surface area (Å²) in [5.41, 5.74) is 0.759. The van der Waals surface area contributed by atoms with Crippen LogP contribution < -0.4 is 0 Å². The highest BCUT2D eigenvalue weighted by Crippen LogP contribution is 2.27. The molecule has 1 aromatic carbocycles. The zero-order valence-electron chi connectivity index (χ0n) is 11.0. The molecular formula is C15H19FN2O. The van der Waals surface area contributed by atoms with Gasteiger partial charge in [0.15, 0.2) is 0 Å². The van der Waals surface area contributed by atoms with Gasteiger partial charge in [0.05, 0.1) is 6.42 Å². The quantitative estimate of drug-likeness (QED) is 0.827. The van der Waals surface area contributed by atoms with Crippen LogP contribution in [0.2, 0.25) is 0 Å². The summed E-state index contributed by atoms with van der Waals surface area (Å²) >= 11 is 0. The zero-order valence-corrected chi connectivity index (χ0v) is 11.0. The first kappa shape index (κ1) is 12.6. The molecule has 2 aliphatic rings. The van der Waals surface area contributed by atoms with E-state index in [2.05, 4.69) is 4.90 Å². The smallest absolute Gasteiger partial charge is 0.227 e. The van der Waals surface area contributed by atoms with Gasteiger partial charge in [0.1, 0.15) is 5.82 Å². The van der Waals surface area contributed by atoms with Crippen molar-refractivity contribution >= 4 is 5.91 Å². The predicted molar refractivity (Wildman–Crippen MR) is 71.3 cm³/mol. The third-order valence-electron chi connectivity index (χ3n) is 3.97. The highest BCUT2D eigenvalue weighted by atomic mass is 19.1. The van der Waals surface area contributed by atoms with E-state index in [0.717, 1.165) is 37.8 Å². The number of benzene rings is 1. The molecule has 0 bridgehead atoms. The standard InChI is InChI=1S/C15H19FN2O/c16-13-3-1-2-12(10-13)11-15(19)18-8-6-17(7-9-18)14-4-5-14/h1-3,10,14H,4-9,11H2. The van der Waals surface area contributed by atoms with Crippen molar-refractivity contribution in [2.45, 2.75) is 25.3 Å². The molecule has 0 N–H and O–H groups in total. The van der Waals surface area contributed by atoms with E-state index in [1.54, 1.807) is 12.1 Å². The van der Waals surface area contributed by atoms with E-state index >= 15 is 0 Å². The number of carbonyl (C=O) groups is 1. The molecule has 0 radical (unpaired) electrons. The topological polar surface area (TPSA) is 23.6 Å². The second-order valence-corrected chi connectivity index (χ2v) is 5.45. The van der Waals surface area contributed by atoms with Gasteiger partial charge in [-0.25, -0.2) is 4.39 Å². The SMILES string of the molecule is O=C(Cc1cccc(F)c1)N1CCN(C2CC2)CC1. The molecule has 1 heterocycles. The summed E-state index contributed by atoms with van der Waals surface area (Å²) in [6, 6.07) is 7.09. The van der Waals surface area contributed by atoms with Crippen molar-refractivity contribution in [2.75, 3.05) is 26.2 Å². The van der Waals surface area contributed by atoms with Gasteiger partial charge in [-0.05, 0) is 30.5 Å². The molecule has 0 spiro atoms. The highest BCUT2D eigenvalue weighted by Gasteiger charge is 2.32. The molecule has 1 aliphatic heterocycles. The molecule has 4 heteroatoms. The molecule has 1 aromatic rings. The first-order chi connectivity index (χ1) is 9.22. The van der Waals surface area contributed by atoms with Gasteiger partial charge in [-0.2, -0.15) is 0 Å². The summed E-state index contributed by atoms with van der Waals surface area (Å²) < 4.78 is 13.1. The summed E-state index contributed by atoms with van der Waals surface area (Å²) in [6.45, 7) is 3.59. The van der Waals surface area contributed by atoms with Crippen molar-refractivity contribution in [3.63, 3.8) is 0 Å². The maximum absolute atomic E-state index is 13.1. The van der Waals surface area contributed by atoms with Crippen molar-refractivity contribution < 1.29 is 9.18 Å². The molecule has 1 saturated carbocycles. The number of nitrogens with zero attached hydrogens (tertiary/aromatic N) is 2. The lowest BCUT2D eigenvalue weighted by Crippen LogP contribution is -2.49. The van der Waals surface area contributed by atoms with Gasteiger partial charge in [0, 0.05) is 32.2 Å². The van der Waals surface area contributed by atoms with Crippen LogP contribution in [0, 0.1) is 5.82 Å². The van der Waals surface area contributed by atoms with E-state index in [9.17, 15) is 9.18 Å². The fourth-order valence-electron chi connectivity index (χ4n) is 2.71. The van der Waals surface area contributed by atoms with Gasteiger partial charge in [-0.15, -0.1) is 0 Å². The molecule has 0 atom stereocenters. The summed E-state index contributed by atoms with van der Waals surface area (Å²) in [7, 11) is 0. The van der Waals surface area contributed by atoms with Crippen LogP contribution in [-0.4, -0.2) is 47.9 Å². The van der Waals surface area contributed by atoms with E-state index in [4.69, 9.17) is 0 Å². The van der Waals surface area contributed by atoms with Gasteiger partial charge in [0.25, 0.3) is 0 Å². The Hall–Kier alpha value is -1.42. The molecule has 1 saturated heterocycles. The minimum atomic E-state index is -0.274. The van der Waals surface area contributed by atoms with E-state index in [1.165, 1.54) is 25.0 Å². The Kier molecular flexibility index (Phi) is 3.51. The van der Waals surface area contributed by atoms with Crippen LogP contribution in [-0.2, 0) is 11.2 Å². The summed E-state index contributed by atoms with van der Waals surface area (Å²) in [6.07, 6.45) is 2.94. The predicted octanol–water partition coefficient (Wildman–Crippen LogP) is 1.67. The van der Waals surface area contributed by atoms with E-state index in [1.807, 2.05) is 4.90 Å². The number of rotatable bonds is 3. The Morgan fingerprint density at radius 2 is 1.95 bits per heavy atom. The van der Waals surface area contributed by atoms with Crippen molar-refractivity contribution in [2.24, 2.45) is 0 Å². The molecule has 0 aromatic heterocycles. The van der Waals surface area contributed by atoms with E-state index < -0.39 is 0 Å². The van der Waals surface area contributed by atoms with Crippen molar-refractivity contribution in [3.8, 4) is 0 Å². The lowest BCUT2D eigenvalue weighted by molar-refractivity contribution is -0.132. The molecule has 1 aliphatic carbocycles. The van der Waals surface area contributed by atoms with Crippen LogP contribution in [0.5, 0.6) is 0 Å². The van der Waals surface area contributed by atoms with Gasteiger partial charge >= 0.3 is 0 Å². The molecular weight excluding hydrogens is 243 g/mol. The molecule has 3 nitrogen and oxygen atoms in total. The number of carbonyl (C=O) groups excluding carboxylic acids is 1. The first-order valence-corrected chi connectivity index (χ1v) is 6.98. The van der Waals surface area contributed by atoms with Gasteiger partial charge in [0.2, 0.25) is 5.91 Å². The second-order valence-electron chi connectivity index (χ2n) is 5.45. The molecule has 3 rings (SSSR count). The molecule has 19 heavy (non-hydrogen) atoms. The minimum Gasteiger partial charge on any atom is -0.340 e. The fraction of sp³-hybridized carbons (Fsp3) is 0.533. The lowest BCUT2D eigenvalue weighted by Gasteiger charge is -2.34. The van der Waals surface area contributed by atoms with Gasteiger partial charge in [-0.3, -0.25) is 9.69 Å². The van der Waals surface area contributed by atoms with Crippen LogP contribution >= 0.6 is 0 Å². The highest BCUT2D eigenvalue weighted by molar-refractivity contribution is 5.78. The van der Waals surface area contributed by atoms with E-state index in [0.29, 0.717) is 6.42 Å². The number of hydrogen-bond donors (Lipinski definition) is 0. The van der Waals surface area contributed by atoms with Gasteiger partial charge in [-0.1, -0.05) is 12.1 Å². The Morgan fingerprint density at radius 1 is 1.21 bits per heavy atom. The summed E-state index contributed by atoms with van der Waals surface area (Å²) in [5.74, 6) is -0.162. The van der Waals surface area contributed by atoms with Crippen LogP contribution in [0.15, 0.2) is 24.3 Å². The number of hydrogen-bond acceptors (Lipinski definition) is 2. The normalized spacial score (nSPS) is 20.6. The zero-order chi connectivity index (χ0) is 13.2. The maximum Gasteiger partial charge on any atom is 0.227 e. The van der Waals surface area contributed by atoms with E-state index in [-0.39, 0.29) is 11.7 Å². The average molecular weight is 262 g/mol. The van der Waals surface area contributed by atoms with Crippen LogP contribution in [0.3, 0.4) is 0 Å². The maximum atomic E-state index is 13.1. The summed E-state index contributed by atoms with van der Waals surface area (Å²) in [5, 5.41) is 0. The second kappa shape index (κ2) is 5.29. The minimum absolute atomic E-state index is 0.112. The first-order valence-electron chi connectivity index (χ1n) is 6.98. The molecule has 102 valence electrons. The van der Waals surface area contributed by atoms with Crippen molar-refractivity contribution in [1.82, 2.24) is 9.80 Å².